The van der Waals surface area contributed by atoms with Crippen molar-refractivity contribution in [3.8, 4) is 22.3 Å². The third-order valence-corrected chi connectivity index (χ3v) is 46.3. The molecule has 2 unspecified atom stereocenters. The summed E-state index contributed by atoms with van der Waals surface area (Å²) in [6.45, 7) is 20.8. The average molecular weight is 792 g/mol. The first-order chi connectivity index (χ1) is 20.9. The molecule has 0 aromatic heterocycles. The van der Waals surface area contributed by atoms with E-state index in [0.717, 1.165) is 0 Å². The van der Waals surface area contributed by atoms with Crippen LogP contribution in [-0.2, 0) is 25.0 Å². The third kappa shape index (κ3) is 5.27. The standard InChI is InChI=1S/2C20H21.4CH3.Hf.H2Si/c2*1-14-13-16(20(2,3)4)11-12-17(14)19-10-6-8-15-7-5-9-18(15)19;;;;;;/h2*5-13H,1-4H3;4*1H3;;1H2. The van der Waals surface area contributed by atoms with Crippen molar-refractivity contribution < 1.29 is 14.2 Å². The molecule has 2 atom stereocenters. The summed E-state index contributed by atoms with van der Waals surface area (Å²) in [6.07, 6.45) is 10.1. The SMILES string of the molecule is Cc1cc(C(C)(C)C)ccc1-c1cccc2c1C=C[CH]2[Hf]([CH3])([CH3])([CH3])([CH3])(=[SiH2])[CH]1C=Cc2c(-c3ccc(C(C)(C)C)cc3C)cccc21. The van der Waals surface area contributed by atoms with Gasteiger partial charge in [-0.3, -0.25) is 0 Å². The van der Waals surface area contributed by atoms with Crippen molar-refractivity contribution in [2.24, 2.45) is 0 Å². The average Bonchev–Trinajstić information content (AvgIpc) is 3.58. The van der Waals surface area contributed by atoms with E-state index in [1.54, 1.807) is 0 Å². The van der Waals surface area contributed by atoms with Gasteiger partial charge in [0.1, 0.15) is 0 Å². The van der Waals surface area contributed by atoms with Crippen LogP contribution < -0.4 is 0 Å². The minimum atomic E-state index is -4.81. The van der Waals surface area contributed by atoms with Gasteiger partial charge in [-0.25, -0.2) is 0 Å². The molecule has 0 N–H and O–H groups in total. The van der Waals surface area contributed by atoms with Crippen molar-refractivity contribution in [2.45, 2.75) is 92.3 Å². The van der Waals surface area contributed by atoms with Crippen molar-refractivity contribution in [3.05, 3.63) is 129 Å². The van der Waals surface area contributed by atoms with Gasteiger partial charge in [-0.05, 0) is 0 Å². The van der Waals surface area contributed by atoms with Crippen LogP contribution in [0.5, 0.6) is 0 Å². The summed E-state index contributed by atoms with van der Waals surface area (Å²) in [5.74, 6) is 0. The van der Waals surface area contributed by atoms with Gasteiger partial charge in [0.25, 0.3) is 0 Å². The molecule has 240 valence electrons. The molecule has 2 heteroatoms. The molecule has 46 heavy (non-hydrogen) atoms. The van der Waals surface area contributed by atoms with Gasteiger partial charge in [0.2, 0.25) is 0 Å². The molecule has 0 radical (unpaired) electrons. The van der Waals surface area contributed by atoms with Gasteiger partial charge in [0, 0.05) is 0 Å². The molecule has 0 spiro atoms. The zero-order chi connectivity index (χ0) is 33.8. The maximum absolute atomic E-state index is 4.81. The molecule has 0 bridgehead atoms. The third-order valence-electron chi connectivity index (χ3n) is 11.9. The van der Waals surface area contributed by atoms with Gasteiger partial charge in [-0.15, -0.1) is 0 Å². The van der Waals surface area contributed by atoms with Crippen LogP contribution in [0, 0.1) is 13.8 Å². The molecule has 0 saturated heterocycles. The number of aryl methyl sites for hydroxylation is 2. The number of hydrogen-bond acceptors (Lipinski definition) is 0. The van der Waals surface area contributed by atoms with Crippen molar-refractivity contribution in [3.63, 3.8) is 0 Å². The van der Waals surface area contributed by atoms with E-state index < -0.39 is 14.2 Å². The Balaban J connectivity index is 1.47. The Morgan fingerprint density at radius 1 is 0.522 bits per heavy atom. The van der Waals surface area contributed by atoms with E-state index in [-0.39, 0.29) is 10.8 Å². The summed E-state index contributed by atoms with van der Waals surface area (Å²) in [6, 6.07) is 28.3. The molecule has 0 heterocycles. The monoisotopic (exact) mass is 792 g/mol. The fourth-order valence-electron chi connectivity index (χ4n) is 8.86. The Morgan fingerprint density at radius 3 is 1.22 bits per heavy atom. The fourth-order valence-corrected chi connectivity index (χ4v) is 37.7. The van der Waals surface area contributed by atoms with Crippen LogP contribution in [-0.4, -0.2) is 6.94 Å². The van der Waals surface area contributed by atoms with Gasteiger partial charge < -0.3 is 0 Å². The fraction of sp³-hybridized carbons (Fsp3) is 0.364. The molecule has 4 aromatic rings. The Morgan fingerprint density at radius 2 is 0.891 bits per heavy atom. The van der Waals surface area contributed by atoms with E-state index in [2.05, 4.69) is 178 Å². The van der Waals surface area contributed by atoms with E-state index in [1.807, 2.05) is 0 Å². The van der Waals surface area contributed by atoms with Crippen molar-refractivity contribution >= 4 is 19.1 Å². The van der Waals surface area contributed by atoms with E-state index in [1.165, 1.54) is 66.8 Å². The Labute approximate surface area is 275 Å². The molecule has 0 nitrogen and oxygen atoms in total. The number of fused-ring (bicyclic) bond motifs is 2. The first-order valence-electron chi connectivity index (χ1n) is 17.4. The summed E-state index contributed by atoms with van der Waals surface area (Å²) in [5.41, 5.74) is 17.1. The second kappa shape index (κ2) is 9.32. The summed E-state index contributed by atoms with van der Waals surface area (Å²) < 4.78 is 11.7. The van der Waals surface area contributed by atoms with Crippen LogP contribution in [0.15, 0.2) is 84.9 Å². The summed E-state index contributed by atoms with van der Waals surface area (Å²) >= 11 is -4.81. The van der Waals surface area contributed by atoms with Crippen LogP contribution in [0.3, 0.4) is 0 Å². The Kier molecular flexibility index (Phi) is 6.76. The van der Waals surface area contributed by atoms with Gasteiger partial charge in [0.05, 0.1) is 0 Å². The van der Waals surface area contributed by atoms with Gasteiger partial charge in [-0.2, -0.15) is 0 Å². The van der Waals surface area contributed by atoms with Crippen LogP contribution in [0.4, 0.5) is 0 Å². The normalized spacial score (nSPS) is 20.0. The van der Waals surface area contributed by atoms with Crippen molar-refractivity contribution in [1.29, 1.82) is 0 Å². The molecule has 0 saturated carbocycles. The zero-order valence-electron chi connectivity index (χ0n) is 30.6. The van der Waals surface area contributed by atoms with E-state index in [0.29, 0.717) is 7.35 Å². The summed E-state index contributed by atoms with van der Waals surface area (Å²) in [7, 11) is 0. The number of benzene rings is 4. The molecule has 4 aromatic carbocycles. The van der Waals surface area contributed by atoms with Gasteiger partial charge >= 0.3 is 277 Å². The zero-order valence-corrected chi connectivity index (χ0v) is 35.6. The van der Waals surface area contributed by atoms with Crippen LogP contribution in [0.25, 0.3) is 34.4 Å². The molecular formula is C44H56HfSi. The number of allylic oxidation sites excluding steroid dienone is 2. The van der Waals surface area contributed by atoms with Crippen LogP contribution >= 0.6 is 0 Å². The summed E-state index contributed by atoms with van der Waals surface area (Å²) in [5, 5.41) is 0. The Hall–Kier alpha value is -2.55. The molecule has 0 amide bonds. The van der Waals surface area contributed by atoms with Crippen molar-refractivity contribution in [2.75, 3.05) is 0 Å². The van der Waals surface area contributed by atoms with Gasteiger partial charge in [0.15, 0.2) is 0 Å². The number of rotatable bonds is 4. The van der Waals surface area contributed by atoms with Gasteiger partial charge in [-0.1, -0.05) is 0 Å². The quantitative estimate of drug-likeness (QED) is 0.181. The minimum absolute atomic E-state index is 0.142. The molecule has 2 aliphatic rings. The predicted molar refractivity (Wildman–Crippen MR) is 206 cm³/mol. The second-order valence-corrected chi connectivity index (χ2v) is 108. The van der Waals surface area contributed by atoms with Crippen LogP contribution in [0.1, 0.15) is 93.4 Å². The topological polar surface area (TPSA) is 0 Å². The Bertz CT molecular complexity index is 1970. The predicted octanol–water partition coefficient (Wildman–Crippen LogP) is 12.6. The van der Waals surface area contributed by atoms with E-state index >= 15 is 0 Å². The van der Waals surface area contributed by atoms with E-state index in [9.17, 15) is 0 Å². The number of hydrogen-bond donors (Lipinski definition) is 0. The molecule has 0 fully saturated rings. The first-order valence-corrected chi connectivity index (χ1v) is 44.2. The maximum atomic E-state index is 2.74. The molecular weight excluding hydrogens is 735 g/mol. The van der Waals surface area contributed by atoms with E-state index in [4.69, 9.17) is 0 Å². The molecule has 2 aliphatic carbocycles. The second-order valence-electron chi connectivity index (χ2n) is 21.1. The van der Waals surface area contributed by atoms with Crippen molar-refractivity contribution in [1.82, 2.24) is 0 Å². The first kappa shape index (κ1) is 33.4. The summed E-state index contributed by atoms with van der Waals surface area (Å²) in [4.78, 5) is 0. The molecule has 6 rings (SSSR count). The molecule has 0 aliphatic heterocycles. The van der Waals surface area contributed by atoms with Crippen LogP contribution in [0.2, 0.25) is 18.7 Å².